The summed E-state index contributed by atoms with van der Waals surface area (Å²) in [6.07, 6.45) is 1.68. The van der Waals surface area contributed by atoms with E-state index < -0.39 is 0 Å². The minimum absolute atomic E-state index is 0.0705. The van der Waals surface area contributed by atoms with Crippen LogP contribution in [-0.4, -0.2) is 14.2 Å². The molecule has 17 heavy (non-hydrogen) atoms. The summed E-state index contributed by atoms with van der Waals surface area (Å²) in [7, 11) is 0. The molecule has 0 N–H and O–H groups in total. The first kappa shape index (κ1) is 10.3. The normalized spacial score (nSPS) is 11.4. The monoisotopic (exact) mass is 245 g/mol. The lowest BCUT2D eigenvalue weighted by atomic mass is 10.5. The zero-order valence-electron chi connectivity index (χ0n) is 9.38. The van der Waals surface area contributed by atoms with Crippen LogP contribution in [0.3, 0.4) is 0 Å². The Morgan fingerprint density at radius 2 is 2.35 bits per heavy atom. The molecule has 3 rings (SSSR count). The molecule has 0 spiro atoms. The second-order valence-electron chi connectivity index (χ2n) is 3.86. The molecule has 0 saturated heterocycles. The molecule has 0 bridgehead atoms. The molecule has 3 aromatic rings. The molecule has 0 aliphatic rings. The Balaban J connectivity index is 2.50. The van der Waals surface area contributed by atoms with Crippen molar-refractivity contribution in [1.82, 2.24) is 14.2 Å². The highest BCUT2D eigenvalue weighted by atomic mass is 32.1. The van der Waals surface area contributed by atoms with Crippen LogP contribution in [0.25, 0.3) is 15.7 Å². The first-order valence-electron chi connectivity index (χ1n) is 5.29. The first-order valence-corrected chi connectivity index (χ1v) is 6.17. The van der Waals surface area contributed by atoms with Gasteiger partial charge in [0.05, 0.1) is 16.8 Å². The maximum atomic E-state index is 12.2. The molecule has 4 nitrogen and oxygen atoms in total. The highest BCUT2D eigenvalue weighted by Gasteiger charge is 2.11. The predicted octanol–water partition coefficient (Wildman–Crippen LogP) is 2.21. The summed E-state index contributed by atoms with van der Waals surface area (Å²) < 4.78 is 4.47. The van der Waals surface area contributed by atoms with Gasteiger partial charge in [-0.25, -0.2) is 4.68 Å². The predicted molar refractivity (Wildman–Crippen MR) is 69.8 cm³/mol. The summed E-state index contributed by atoms with van der Waals surface area (Å²) in [6.45, 7) is 5.98. The molecule has 0 unspecified atom stereocenters. The average molecular weight is 245 g/mol. The highest BCUT2D eigenvalue weighted by molar-refractivity contribution is 7.17. The maximum absolute atomic E-state index is 12.2. The van der Waals surface area contributed by atoms with Crippen molar-refractivity contribution in [3.8, 4) is 0 Å². The van der Waals surface area contributed by atoms with E-state index in [4.69, 9.17) is 0 Å². The van der Waals surface area contributed by atoms with Crippen LogP contribution in [0, 0.1) is 6.92 Å². The summed E-state index contributed by atoms with van der Waals surface area (Å²) in [5.74, 6) is 0.815. The molecule has 0 fully saturated rings. The Morgan fingerprint density at radius 1 is 1.53 bits per heavy atom. The molecule has 0 amide bonds. The van der Waals surface area contributed by atoms with Crippen LogP contribution in [0.2, 0.25) is 0 Å². The van der Waals surface area contributed by atoms with E-state index in [0.29, 0.717) is 12.1 Å². The number of aromatic nitrogens is 3. The van der Waals surface area contributed by atoms with Gasteiger partial charge < -0.3 is 0 Å². The van der Waals surface area contributed by atoms with E-state index >= 15 is 0 Å². The van der Waals surface area contributed by atoms with Crippen molar-refractivity contribution in [3.05, 3.63) is 46.3 Å². The van der Waals surface area contributed by atoms with Gasteiger partial charge in [0.15, 0.2) is 0 Å². The second kappa shape index (κ2) is 3.56. The lowest BCUT2D eigenvalue weighted by Crippen LogP contribution is -2.25. The Labute approximate surface area is 101 Å². The van der Waals surface area contributed by atoms with Crippen molar-refractivity contribution in [3.63, 3.8) is 0 Å². The van der Waals surface area contributed by atoms with E-state index in [1.165, 1.54) is 4.68 Å². The number of nitrogens with zero attached hydrogens (tertiary/aromatic N) is 3. The summed E-state index contributed by atoms with van der Waals surface area (Å²) in [5.41, 5.74) is 1.66. The van der Waals surface area contributed by atoms with Crippen molar-refractivity contribution in [1.29, 1.82) is 0 Å². The van der Waals surface area contributed by atoms with Gasteiger partial charge >= 0.3 is 0 Å². The smallest absolute Gasteiger partial charge is 0.291 e. The van der Waals surface area contributed by atoms with Crippen molar-refractivity contribution in [2.24, 2.45) is 0 Å². The third-order valence-electron chi connectivity index (χ3n) is 2.77. The SMILES string of the molecule is C=CCn1nc(C)n2c(cc3sccc32)c1=O. The van der Waals surface area contributed by atoms with Crippen LogP contribution < -0.4 is 5.56 Å². The Hall–Kier alpha value is -1.88. The minimum atomic E-state index is -0.0705. The van der Waals surface area contributed by atoms with Gasteiger partial charge in [-0.15, -0.1) is 17.9 Å². The quantitative estimate of drug-likeness (QED) is 0.649. The summed E-state index contributed by atoms with van der Waals surface area (Å²) in [4.78, 5) is 12.2. The zero-order chi connectivity index (χ0) is 12.0. The van der Waals surface area contributed by atoms with Gasteiger partial charge in [-0.05, 0) is 24.4 Å². The molecule has 3 heterocycles. The van der Waals surface area contributed by atoms with Crippen molar-refractivity contribution in [2.75, 3.05) is 0 Å². The molecule has 5 heteroatoms. The van der Waals surface area contributed by atoms with Gasteiger partial charge in [-0.3, -0.25) is 9.20 Å². The van der Waals surface area contributed by atoms with Crippen LogP contribution in [0.1, 0.15) is 5.82 Å². The third kappa shape index (κ3) is 1.36. The molecular formula is C12H11N3OS. The van der Waals surface area contributed by atoms with Crippen LogP contribution in [0.5, 0.6) is 0 Å². The van der Waals surface area contributed by atoms with Gasteiger partial charge in [0, 0.05) is 0 Å². The Morgan fingerprint density at radius 3 is 3.12 bits per heavy atom. The van der Waals surface area contributed by atoms with Crippen molar-refractivity contribution in [2.45, 2.75) is 13.5 Å². The third-order valence-corrected chi connectivity index (χ3v) is 3.62. The molecule has 3 aromatic heterocycles. The fourth-order valence-corrected chi connectivity index (χ4v) is 2.88. The highest BCUT2D eigenvalue weighted by Crippen LogP contribution is 2.24. The summed E-state index contributed by atoms with van der Waals surface area (Å²) >= 11 is 1.63. The number of allylic oxidation sites excluding steroid dienone is 1. The molecule has 86 valence electrons. The average Bonchev–Trinajstić information content (AvgIpc) is 2.84. The number of thiophene rings is 1. The van der Waals surface area contributed by atoms with E-state index in [0.717, 1.165) is 16.0 Å². The topological polar surface area (TPSA) is 39.3 Å². The fourth-order valence-electron chi connectivity index (χ4n) is 2.07. The van der Waals surface area contributed by atoms with Crippen LogP contribution >= 0.6 is 11.3 Å². The van der Waals surface area contributed by atoms with Gasteiger partial charge in [0.25, 0.3) is 5.56 Å². The summed E-state index contributed by atoms with van der Waals surface area (Å²) in [6, 6.07) is 3.94. The number of hydrogen-bond donors (Lipinski definition) is 0. The maximum Gasteiger partial charge on any atom is 0.291 e. The van der Waals surface area contributed by atoms with E-state index in [2.05, 4.69) is 11.7 Å². The largest absolute Gasteiger partial charge is 0.291 e. The van der Waals surface area contributed by atoms with Crippen LogP contribution in [-0.2, 0) is 6.54 Å². The minimum Gasteiger partial charge on any atom is -0.291 e. The number of aryl methyl sites for hydroxylation is 1. The molecular weight excluding hydrogens is 234 g/mol. The van der Waals surface area contributed by atoms with Crippen molar-refractivity contribution < 1.29 is 0 Å². The molecule has 0 atom stereocenters. The second-order valence-corrected chi connectivity index (χ2v) is 4.81. The van der Waals surface area contributed by atoms with Crippen LogP contribution in [0.4, 0.5) is 0 Å². The van der Waals surface area contributed by atoms with Gasteiger partial charge in [-0.2, -0.15) is 5.10 Å². The van der Waals surface area contributed by atoms with E-state index in [1.807, 2.05) is 28.8 Å². The Kier molecular flexibility index (Phi) is 2.16. The number of hydrogen-bond acceptors (Lipinski definition) is 3. The van der Waals surface area contributed by atoms with Gasteiger partial charge in [-0.1, -0.05) is 6.08 Å². The lowest BCUT2D eigenvalue weighted by molar-refractivity contribution is 0.626. The first-order chi connectivity index (χ1) is 8.22. The summed E-state index contributed by atoms with van der Waals surface area (Å²) in [5, 5.41) is 6.31. The van der Waals surface area contributed by atoms with Crippen LogP contribution in [0.15, 0.2) is 35.0 Å². The van der Waals surface area contributed by atoms with E-state index in [9.17, 15) is 4.79 Å². The molecule has 0 aliphatic carbocycles. The van der Waals surface area contributed by atoms with E-state index in [1.54, 1.807) is 17.4 Å². The van der Waals surface area contributed by atoms with E-state index in [-0.39, 0.29) is 5.56 Å². The van der Waals surface area contributed by atoms with Crippen molar-refractivity contribution >= 4 is 27.1 Å². The molecule has 0 aliphatic heterocycles. The fraction of sp³-hybridized carbons (Fsp3) is 0.167. The van der Waals surface area contributed by atoms with Gasteiger partial charge in [0.1, 0.15) is 11.3 Å². The number of rotatable bonds is 2. The Bertz CT molecular complexity index is 778. The van der Waals surface area contributed by atoms with Gasteiger partial charge in [0.2, 0.25) is 0 Å². The number of fused-ring (bicyclic) bond motifs is 3. The molecule has 0 saturated carbocycles. The lowest BCUT2D eigenvalue weighted by Gasteiger charge is -2.05. The standard InChI is InChI=1S/C12H11N3OS/c1-3-5-14-12(16)10-7-11-9(4-6-17-11)15(10)8(2)13-14/h3-4,6-7H,1,5H2,2H3. The molecule has 0 aromatic carbocycles. The molecule has 0 radical (unpaired) electrons. The zero-order valence-corrected chi connectivity index (χ0v) is 10.2.